The lowest BCUT2D eigenvalue weighted by molar-refractivity contribution is 0.242. The van der Waals surface area contributed by atoms with Gasteiger partial charge in [0, 0.05) is 51.5 Å². The van der Waals surface area contributed by atoms with Gasteiger partial charge in [0.25, 0.3) is 5.56 Å². The van der Waals surface area contributed by atoms with Gasteiger partial charge >= 0.3 is 0 Å². The second-order valence-electron chi connectivity index (χ2n) is 9.47. The van der Waals surface area contributed by atoms with Crippen LogP contribution in [0.5, 0.6) is 11.5 Å². The van der Waals surface area contributed by atoms with Gasteiger partial charge in [0.1, 0.15) is 5.82 Å². The van der Waals surface area contributed by atoms with E-state index in [0.717, 1.165) is 42.3 Å². The van der Waals surface area contributed by atoms with Gasteiger partial charge in [0.15, 0.2) is 11.5 Å². The lowest BCUT2D eigenvalue weighted by Crippen LogP contribution is -2.35. The molecule has 0 N–H and O–H groups in total. The molecule has 0 fully saturated rings. The van der Waals surface area contributed by atoms with Crippen LogP contribution in [0, 0.1) is 0 Å². The van der Waals surface area contributed by atoms with E-state index in [1.54, 1.807) is 24.9 Å². The van der Waals surface area contributed by atoms with Crippen molar-refractivity contribution in [1.29, 1.82) is 0 Å². The van der Waals surface area contributed by atoms with Crippen molar-refractivity contribution in [3.05, 3.63) is 81.1 Å². The molecule has 5 rings (SSSR count). The molecule has 8 heteroatoms. The van der Waals surface area contributed by atoms with Crippen molar-refractivity contribution in [3.63, 3.8) is 0 Å². The topological polar surface area (TPSA) is 59.8 Å². The van der Waals surface area contributed by atoms with E-state index in [-0.39, 0.29) is 5.56 Å². The molecule has 2 heterocycles. The van der Waals surface area contributed by atoms with Crippen LogP contribution in [0.3, 0.4) is 0 Å². The van der Waals surface area contributed by atoms with Gasteiger partial charge in [0.05, 0.1) is 30.1 Å². The Bertz CT molecular complexity index is 1500. The summed E-state index contributed by atoms with van der Waals surface area (Å²) >= 11 is 6.46. The molecule has 0 spiro atoms. The molecule has 0 radical (unpaired) electrons. The Balaban J connectivity index is 1.48. The van der Waals surface area contributed by atoms with E-state index in [1.165, 1.54) is 11.1 Å². The predicted octanol–water partition coefficient (Wildman–Crippen LogP) is 4.86. The summed E-state index contributed by atoms with van der Waals surface area (Å²) in [6, 6.07) is 17.6. The van der Waals surface area contributed by atoms with Crippen LogP contribution in [0.2, 0.25) is 5.02 Å². The van der Waals surface area contributed by atoms with E-state index < -0.39 is 0 Å². The molecule has 7 nitrogen and oxygen atoms in total. The molecule has 0 unspecified atom stereocenters. The number of hydrogen-bond donors (Lipinski definition) is 0. The van der Waals surface area contributed by atoms with Crippen molar-refractivity contribution in [1.82, 2.24) is 14.5 Å². The first-order valence-corrected chi connectivity index (χ1v) is 12.7. The van der Waals surface area contributed by atoms with Crippen LogP contribution in [0.4, 0.5) is 5.69 Å². The lowest BCUT2D eigenvalue weighted by Gasteiger charge is -2.30. The van der Waals surface area contributed by atoms with Gasteiger partial charge in [-0.2, -0.15) is 0 Å². The summed E-state index contributed by atoms with van der Waals surface area (Å²) in [5, 5.41) is 0.879. The molecule has 1 aliphatic heterocycles. The number of fused-ring (bicyclic) bond motifs is 2. The first-order valence-electron chi connectivity index (χ1n) is 12.3. The van der Waals surface area contributed by atoms with E-state index in [0.29, 0.717) is 34.8 Å². The number of aromatic nitrogens is 2. The number of rotatable bonds is 7. The van der Waals surface area contributed by atoms with Crippen LogP contribution in [-0.4, -0.2) is 55.9 Å². The summed E-state index contributed by atoms with van der Waals surface area (Å²) in [5.74, 6) is 2.13. The summed E-state index contributed by atoms with van der Waals surface area (Å²) in [6.07, 6.45) is 0.908. The van der Waals surface area contributed by atoms with Gasteiger partial charge in [-0.1, -0.05) is 17.7 Å². The molecule has 1 aromatic heterocycles. The normalized spacial score (nSPS) is 13.4. The highest BCUT2D eigenvalue weighted by atomic mass is 35.5. The maximum atomic E-state index is 13.7. The van der Waals surface area contributed by atoms with Crippen molar-refractivity contribution in [2.75, 3.05) is 46.3 Å². The van der Waals surface area contributed by atoms with E-state index in [4.69, 9.17) is 26.1 Å². The number of nitrogens with zero attached hydrogens (tertiary/aromatic N) is 4. The summed E-state index contributed by atoms with van der Waals surface area (Å²) in [6.45, 7) is 2.87. The Hall–Kier alpha value is -3.55. The van der Waals surface area contributed by atoms with Crippen LogP contribution in [0.15, 0.2) is 59.4 Å². The Morgan fingerprint density at radius 2 is 1.68 bits per heavy atom. The highest BCUT2D eigenvalue weighted by molar-refractivity contribution is 6.35. The van der Waals surface area contributed by atoms with Crippen molar-refractivity contribution >= 4 is 28.2 Å². The molecule has 0 amide bonds. The van der Waals surface area contributed by atoms with Gasteiger partial charge in [0.2, 0.25) is 0 Å². The summed E-state index contributed by atoms with van der Waals surface area (Å²) in [4.78, 5) is 23.0. The van der Waals surface area contributed by atoms with Crippen molar-refractivity contribution < 1.29 is 9.47 Å². The number of halogens is 1. The number of benzene rings is 3. The van der Waals surface area contributed by atoms with Crippen molar-refractivity contribution in [3.8, 4) is 22.9 Å². The van der Waals surface area contributed by atoms with Crippen LogP contribution in [0.25, 0.3) is 22.3 Å². The van der Waals surface area contributed by atoms with Crippen LogP contribution >= 0.6 is 11.6 Å². The van der Waals surface area contributed by atoms with Gasteiger partial charge in [-0.05, 0) is 66.1 Å². The fourth-order valence-electron chi connectivity index (χ4n) is 4.93. The fourth-order valence-corrected chi connectivity index (χ4v) is 5.18. The zero-order chi connectivity index (χ0) is 26.1. The van der Waals surface area contributed by atoms with Crippen molar-refractivity contribution in [2.24, 2.45) is 0 Å². The zero-order valence-corrected chi connectivity index (χ0v) is 22.4. The molecule has 0 aliphatic carbocycles. The smallest absolute Gasteiger partial charge is 0.263 e. The molecule has 0 saturated heterocycles. The maximum absolute atomic E-state index is 13.7. The SMILES string of the molecule is COc1cc2c(cc1OC)CN(CCn1c(-c3ccc(N(C)C)cc3)nc3cccc(Cl)c3c1=O)CC2. The molecule has 4 aromatic rings. The molecule has 0 saturated carbocycles. The molecule has 0 atom stereocenters. The van der Waals surface area contributed by atoms with Crippen LogP contribution < -0.4 is 19.9 Å². The highest BCUT2D eigenvalue weighted by Gasteiger charge is 2.21. The van der Waals surface area contributed by atoms with Crippen molar-refractivity contribution in [2.45, 2.75) is 19.5 Å². The van der Waals surface area contributed by atoms with E-state index in [9.17, 15) is 4.79 Å². The Kier molecular flexibility index (Phi) is 7.09. The molecular formula is C29H31ClN4O3. The van der Waals surface area contributed by atoms with Gasteiger partial charge in [-0.3, -0.25) is 14.3 Å². The van der Waals surface area contributed by atoms with E-state index >= 15 is 0 Å². The van der Waals surface area contributed by atoms with Crippen LogP contribution in [-0.2, 0) is 19.5 Å². The number of methoxy groups -OCH3 is 2. The predicted molar refractivity (Wildman–Crippen MR) is 149 cm³/mol. The van der Waals surface area contributed by atoms with E-state index in [2.05, 4.69) is 17.0 Å². The third kappa shape index (κ3) is 4.89. The summed E-state index contributed by atoms with van der Waals surface area (Å²) < 4.78 is 12.7. The first kappa shape index (κ1) is 25.1. The molecule has 3 aromatic carbocycles. The number of hydrogen-bond acceptors (Lipinski definition) is 6. The molecule has 0 bridgehead atoms. The zero-order valence-electron chi connectivity index (χ0n) is 21.6. The molecule has 192 valence electrons. The number of anilines is 1. The maximum Gasteiger partial charge on any atom is 0.263 e. The average molecular weight is 519 g/mol. The largest absolute Gasteiger partial charge is 0.493 e. The van der Waals surface area contributed by atoms with Gasteiger partial charge in [-0.15, -0.1) is 0 Å². The van der Waals surface area contributed by atoms with Crippen LogP contribution in [0.1, 0.15) is 11.1 Å². The lowest BCUT2D eigenvalue weighted by atomic mass is 9.99. The standard InChI is InChI=1S/C29H31ClN4O3/c1-32(2)22-10-8-19(9-11-22)28-31-24-7-5-6-23(30)27(24)29(35)34(28)15-14-33-13-12-20-16-25(36-3)26(37-4)17-21(20)18-33/h5-11,16-17H,12-15,18H2,1-4H3. The second kappa shape index (κ2) is 10.4. The van der Waals surface area contributed by atoms with E-state index in [1.807, 2.05) is 55.4 Å². The minimum atomic E-state index is -0.119. The fraction of sp³-hybridized carbons (Fsp3) is 0.310. The average Bonchev–Trinajstić information content (AvgIpc) is 2.91. The summed E-state index contributed by atoms with van der Waals surface area (Å²) in [7, 11) is 7.32. The molecule has 1 aliphatic rings. The quantitative estimate of drug-likeness (QED) is 0.348. The number of ether oxygens (including phenoxy) is 2. The minimum absolute atomic E-state index is 0.119. The Labute approximate surface area is 221 Å². The monoisotopic (exact) mass is 518 g/mol. The minimum Gasteiger partial charge on any atom is -0.493 e. The molecular weight excluding hydrogens is 488 g/mol. The van der Waals surface area contributed by atoms with Gasteiger partial charge < -0.3 is 14.4 Å². The summed E-state index contributed by atoms with van der Waals surface area (Å²) in [5.41, 5.74) is 4.95. The third-order valence-electron chi connectivity index (χ3n) is 7.01. The Morgan fingerprint density at radius 1 is 0.973 bits per heavy atom. The highest BCUT2D eigenvalue weighted by Crippen LogP contribution is 2.33. The Morgan fingerprint density at radius 3 is 2.35 bits per heavy atom. The third-order valence-corrected chi connectivity index (χ3v) is 7.33. The van der Waals surface area contributed by atoms with Gasteiger partial charge in [-0.25, -0.2) is 4.98 Å². The second-order valence-corrected chi connectivity index (χ2v) is 9.88. The molecule has 37 heavy (non-hydrogen) atoms. The first-order chi connectivity index (χ1) is 17.9.